The molecule has 25 heavy (non-hydrogen) atoms. The molecule has 0 fully saturated rings. The Kier molecular flexibility index (Phi) is 3.64. The zero-order chi connectivity index (χ0) is 17.2. The number of hydrogen-bond donors (Lipinski definition) is 2. The SMILES string of the molecule is Cc1cc2c(Nc3cccc(C#N)c3)nc(-c3ccccc3)nc2[nH]1. The second-order valence-corrected chi connectivity index (χ2v) is 5.79. The third-order valence-electron chi connectivity index (χ3n) is 3.91. The summed E-state index contributed by atoms with van der Waals surface area (Å²) in [5.74, 6) is 1.36. The van der Waals surface area contributed by atoms with E-state index in [0.29, 0.717) is 17.2 Å². The summed E-state index contributed by atoms with van der Waals surface area (Å²) in [5.41, 5.74) is 4.17. The van der Waals surface area contributed by atoms with E-state index in [4.69, 9.17) is 10.2 Å². The Morgan fingerprint density at radius 1 is 1.00 bits per heavy atom. The molecule has 2 aromatic carbocycles. The van der Waals surface area contributed by atoms with Gasteiger partial charge in [-0.3, -0.25) is 0 Å². The average Bonchev–Trinajstić information content (AvgIpc) is 3.03. The lowest BCUT2D eigenvalue weighted by Gasteiger charge is -2.09. The number of aromatic nitrogens is 3. The number of nitriles is 1. The van der Waals surface area contributed by atoms with Gasteiger partial charge in [0.25, 0.3) is 0 Å². The maximum atomic E-state index is 9.09. The molecule has 5 nitrogen and oxygen atoms in total. The zero-order valence-electron chi connectivity index (χ0n) is 13.6. The van der Waals surface area contributed by atoms with Gasteiger partial charge in [0.05, 0.1) is 17.0 Å². The van der Waals surface area contributed by atoms with Crippen LogP contribution in [-0.4, -0.2) is 15.0 Å². The fourth-order valence-electron chi connectivity index (χ4n) is 2.76. The van der Waals surface area contributed by atoms with Gasteiger partial charge >= 0.3 is 0 Å². The van der Waals surface area contributed by atoms with Crippen molar-refractivity contribution in [2.45, 2.75) is 6.92 Å². The molecule has 0 spiro atoms. The van der Waals surface area contributed by atoms with Gasteiger partial charge in [-0.2, -0.15) is 5.26 Å². The Morgan fingerprint density at radius 3 is 2.64 bits per heavy atom. The average molecular weight is 325 g/mol. The van der Waals surface area contributed by atoms with Crippen molar-refractivity contribution in [2.75, 3.05) is 5.32 Å². The van der Waals surface area contributed by atoms with Gasteiger partial charge in [-0.15, -0.1) is 0 Å². The number of fused-ring (bicyclic) bond motifs is 1. The van der Waals surface area contributed by atoms with E-state index >= 15 is 0 Å². The summed E-state index contributed by atoms with van der Waals surface area (Å²) < 4.78 is 0. The minimum Gasteiger partial charge on any atom is -0.343 e. The number of aryl methyl sites for hydroxylation is 1. The number of hydrogen-bond acceptors (Lipinski definition) is 4. The van der Waals surface area contributed by atoms with Crippen molar-refractivity contribution < 1.29 is 0 Å². The highest BCUT2D eigenvalue weighted by Gasteiger charge is 2.12. The predicted molar refractivity (Wildman–Crippen MR) is 98.5 cm³/mol. The number of H-pyrrole nitrogens is 1. The normalized spacial score (nSPS) is 10.6. The molecule has 120 valence electrons. The van der Waals surface area contributed by atoms with Crippen molar-refractivity contribution in [1.82, 2.24) is 15.0 Å². The van der Waals surface area contributed by atoms with Crippen LogP contribution >= 0.6 is 0 Å². The highest BCUT2D eigenvalue weighted by atomic mass is 15.1. The minimum atomic E-state index is 0.601. The predicted octanol–water partition coefficient (Wildman–Crippen LogP) is 4.55. The molecule has 0 aliphatic carbocycles. The van der Waals surface area contributed by atoms with Crippen molar-refractivity contribution >= 4 is 22.5 Å². The summed E-state index contributed by atoms with van der Waals surface area (Å²) in [6, 6.07) is 21.4. The van der Waals surface area contributed by atoms with E-state index in [2.05, 4.69) is 21.4 Å². The van der Waals surface area contributed by atoms with Gasteiger partial charge in [0, 0.05) is 16.9 Å². The molecule has 0 saturated heterocycles. The Balaban J connectivity index is 1.85. The highest BCUT2D eigenvalue weighted by molar-refractivity contribution is 5.91. The Bertz CT molecular complexity index is 1090. The fraction of sp³-hybridized carbons (Fsp3) is 0.0500. The van der Waals surface area contributed by atoms with Crippen molar-refractivity contribution in [3.05, 3.63) is 71.9 Å². The van der Waals surface area contributed by atoms with Crippen LogP contribution in [0.2, 0.25) is 0 Å². The van der Waals surface area contributed by atoms with Crippen LogP contribution in [-0.2, 0) is 0 Å². The van der Waals surface area contributed by atoms with E-state index < -0.39 is 0 Å². The van der Waals surface area contributed by atoms with E-state index in [1.807, 2.05) is 55.5 Å². The second kappa shape index (κ2) is 6.10. The molecule has 5 heteroatoms. The smallest absolute Gasteiger partial charge is 0.163 e. The summed E-state index contributed by atoms with van der Waals surface area (Å²) in [6.45, 7) is 1.99. The number of nitrogens with zero attached hydrogens (tertiary/aromatic N) is 3. The highest BCUT2D eigenvalue weighted by Crippen LogP contribution is 2.28. The molecule has 0 unspecified atom stereocenters. The summed E-state index contributed by atoms with van der Waals surface area (Å²) >= 11 is 0. The van der Waals surface area contributed by atoms with E-state index in [1.165, 1.54) is 0 Å². The maximum Gasteiger partial charge on any atom is 0.163 e. The molecule has 2 N–H and O–H groups in total. The molecule has 0 saturated carbocycles. The number of nitrogens with one attached hydrogen (secondary N) is 2. The minimum absolute atomic E-state index is 0.601. The fourth-order valence-corrected chi connectivity index (χ4v) is 2.76. The Hall–Kier alpha value is -3.65. The molecular formula is C20H15N5. The topological polar surface area (TPSA) is 77.4 Å². The van der Waals surface area contributed by atoms with Crippen LogP contribution in [0.25, 0.3) is 22.4 Å². The van der Waals surface area contributed by atoms with Crippen molar-refractivity contribution in [3.8, 4) is 17.5 Å². The third kappa shape index (κ3) is 2.93. The first-order valence-electron chi connectivity index (χ1n) is 7.93. The van der Waals surface area contributed by atoms with Gasteiger partial charge in [-0.25, -0.2) is 9.97 Å². The standard InChI is InChI=1S/C20H15N5/c1-13-10-17-19(22-13)24-18(15-7-3-2-4-8-15)25-20(17)23-16-9-5-6-14(11-16)12-21/h2-11H,1H3,(H2,22,23,24,25). The van der Waals surface area contributed by atoms with Crippen LogP contribution in [0.4, 0.5) is 11.5 Å². The summed E-state index contributed by atoms with van der Waals surface area (Å²) in [7, 11) is 0. The van der Waals surface area contributed by atoms with Crippen LogP contribution in [0.15, 0.2) is 60.7 Å². The van der Waals surface area contributed by atoms with Crippen LogP contribution in [0, 0.1) is 18.3 Å². The van der Waals surface area contributed by atoms with Gasteiger partial charge in [-0.05, 0) is 31.2 Å². The van der Waals surface area contributed by atoms with E-state index in [9.17, 15) is 0 Å². The molecule has 2 heterocycles. The molecular weight excluding hydrogens is 310 g/mol. The molecule has 0 amide bonds. The first-order chi connectivity index (χ1) is 12.2. The third-order valence-corrected chi connectivity index (χ3v) is 3.91. The summed E-state index contributed by atoms with van der Waals surface area (Å²) in [5, 5.41) is 13.3. The van der Waals surface area contributed by atoms with Crippen LogP contribution in [0.1, 0.15) is 11.3 Å². The Morgan fingerprint density at radius 2 is 1.84 bits per heavy atom. The maximum absolute atomic E-state index is 9.09. The van der Waals surface area contributed by atoms with E-state index in [1.54, 1.807) is 12.1 Å². The largest absolute Gasteiger partial charge is 0.343 e. The van der Waals surface area contributed by atoms with Gasteiger partial charge in [-0.1, -0.05) is 36.4 Å². The van der Waals surface area contributed by atoms with Crippen molar-refractivity contribution in [2.24, 2.45) is 0 Å². The van der Waals surface area contributed by atoms with Crippen molar-refractivity contribution in [1.29, 1.82) is 5.26 Å². The molecule has 0 aliphatic heterocycles. The molecule has 4 aromatic rings. The number of benzene rings is 2. The molecule has 0 radical (unpaired) electrons. The zero-order valence-corrected chi connectivity index (χ0v) is 13.6. The van der Waals surface area contributed by atoms with Crippen LogP contribution < -0.4 is 5.32 Å². The monoisotopic (exact) mass is 325 g/mol. The first-order valence-corrected chi connectivity index (χ1v) is 7.93. The van der Waals surface area contributed by atoms with Gasteiger partial charge < -0.3 is 10.3 Å². The number of rotatable bonds is 3. The first kappa shape index (κ1) is 14.9. The molecule has 0 bridgehead atoms. The van der Waals surface area contributed by atoms with Gasteiger partial charge in [0.2, 0.25) is 0 Å². The summed E-state index contributed by atoms with van der Waals surface area (Å²) in [6.07, 6.45) is 0. The molecule has 0 atom stereocenters. The number of aromatic amines is 1. The van der Waals surface area contributed by atoms with Gasteiger partial charge in [0.1, 0.15) is 11.5 Å². The summed E-state index contributed by atoms with van der Waals surface area (Å²) in [4.78, 5) is 12.6. The molecule has 0 aliphatic rings. The van der Waals surface area contributed by atoms with Crippen LogP contribution in [0.5, 0.6) is 0 Å². The second-order valence-electron chi connectivity index (χ2n) is 5.79. The number of anilines is 2. The van der Waals surface area contributed by atoms with Crippen LogP contribution in [0.3, 0.4) is 0 Å². The Labute approximate surface area is 145 Å². The van der Waals surface area contributed by atoms with Gasteiger partial charge in [0.15, 0.2) is 5.82 Å². The van der Waals surface area contributed by atoms with Crippen molar-refractivity contribution in [3.63, 3.8) is 0 Å². The lowest BCUT2D eigenvalue weighted by Crippen LogP contribution is -1.98. The molecule has 2 aromatic heterocycles. The van der Waals surface area contributed by atoms with E-state index in [0.717, 1.165) is 28.0 Å². The lowest BCUT2D eigenvalue weighted by atomic mass is 10.2. The van der Waals surface area contributed by atoms with E-state index in [-0.39, 0.29) is 0 Å². The molecule has 4 rings (SSSR count). The quantitative estimate of drug-likeness (QED) is 0.579. The lowest BCUT2D eigenvalue weighted by molar-refractivity contribution is 1.19.